The van der Waals surface area contributed by atoms with E-state index in [9.17, 15) is 14.9 Å². The van der Waals surface area contributed by atoms with Crippen LogP contribution < -0.4 is 4.74 Å². The van der Waals surface area contributed by atoms with Crippen LogP contribution >= 0.6 is 11.6 Å². The van der Waals surface area contributed by atoms with Crippen molar-refractivity contribution in [2.24, 2.45) is 0 Å². The van der Waals surface area contributed by atoms with Gasteiger partial charge in [0.25, 0.3) is 5.54 Å². The third kappa shape index (κ3) is 2.57. The molecule has 0 bridgehead atoms. The number of carbonyl (C=O) groups is 1. The average molecular weight is 332 g/mol. The number of methoxy groups -OCH3 is 1. The molecule has 0 aromatic heterocycles. The number of rotatable bonds is 5. The molecule has 0 radical (unpaired) electrons. The Kier molecular flexibility index (Phi) is 3.82. The quantitative estimate of drug-likeness (QED) is 0.475. The molecule has 23 heavy (non-hydrogen) atoms. The molecule has 0 spiro atoms. The molecule has 5 nitrogen and oxygen atoms in total. The fraction of sp³-hybridized carbons (Fsp3) is 0.235. The number of nitro groups is 1. The van der Waals surface area contributed by atoms with E-state index in [4.69, 9.17) is 16.3 Å². The van der Waals surface area contributed by atoms with Crippen molar-refractivity contribution in [3.8, 4) is 5.75 Å². The molecule has 0 saturated heterocycles. The Bertz CT molecular complexity index is 757. The molecule has 2 aromatic rings. The summed E-state index contributed by atoms with van der Waals surface area (Å²) in [4.78, 5) is 23.9. The van der Waals surface area contributed by atoms with Gasteiger partial charge in [0.2, 0.25) is 5.78 Å². The highest BCUT2D eigenvalue weighted by molar-refractivity contribution is 6.30. The summed E-state index contributed by atoms with van der Waals surface area (Å²) >= 11 is 5.84. The zero-order valence-electron chi connectivity index (χ0n) is 12.4. The Balaban J connectivity index is 1.92. The standard InChI is InChI=1S/C17H14ClNO4/c1-23-14-8-4-12(5-9-14)16(20)17(19(21)22)10-15(17)11-2-6-13(18)7-3-11/h2-9,15H,10H2,1H3/t15-,17-/m0/s1. The molecular weight excluding hydrogens is 318 g/mol. The van der Waals surface area contributed by atoms with Gasteiger partial charge in [0.15, 0.2) is 0 Å². The first-order valence-electron chi connectivity index (χ1n) is 7.08. The van der Waals surface area contributed by atoms with Crippen molar-refractivity contribution in [3.05, 3.63) is 74.8 Å². The molecule has 2 atom stereocenters. The van der Waals surface area contributed by atoms with E-state index < -0.39 is 22.2 Å². The lowest BCUT2D eigenvalue weighted by molar-refractivity contribution is -0.521. The van der Waals surface area contributed by atoms with Crippen molar-refractivity contribution in [2.75, 3.05) is 7.11 Å². The van der Waals surface area contributed by atoms with E-state index in [1.807, 2.05) is 0 Å². The van der Waals surface area contributed by atoms with E-state index in [0.29, 0.717) is 16.3 Å². The molecule has 0 heterocycles. The fourth-order valence-corrected chi connectivity index (χ4v) is 2.99. The van der Waals surface area contributed by atoms with Crippen molar-refractivity contribution in [1.29, 1.82) is 0 Å². The summed E-state index contributed by atoms with van der Waals surface area (Å²) in [6.07, 6.45) is 0.201. The molecular formula is C17H14ClNO4. The number of hydrogen-bond acceptors (Lipinski definition) is 4. The highest BCUT2D eigenvalue weighted by Crippen LogP contribution is 2.55. The summed E-state index contributed by atoms with van der Waals surface area (Å²) in [5.74, 6) is -0.295. The van der Waals surface area contributed by atoms with Crippen LogP contribution in [-0.4, -0.2) is 23.4 Å². The minimum Gasteiger partial charge on any atom is -0.497 e. The average Bonchev–Trinajstić information content (AvgIpc) is 3.32. The predicted octanol–water partition coefficient (Wildman–Crippen LogP) is 3.73. The molecule has 0 unspecified atom stereocenters. The van der Waals surface area contributed by atoms with Crippen molar-refractivity contribution in [1.82, 2.24) is 0 Å². The Labute approximate surface area is 138 Å². The second-order valence-corrected chi connectivity index (χ2v) is 5.98. The monoisotopic (exact) mass is 331 g/mol. The van der Waals surface area contributed by atoms with E-state index >= 15 is 0 Å². The van der Waals surface area contributed by atoms with Crippen LogP contribution in [0.4, 0.5) is 0 Å². The first-order valence-corrected chi connectivity index (χ1v) is 7.45. The maximum absolute atomic E-state index is 12.7. The summed E-state index contributed by atoms with van der Waals surface area (Å²) in [5, 5.41) is 12.2. The van der Waals surface area contributed by atoms with E-state index in [1.165, 1.54) is 7.11 Å². The van der Waals surface area contributed by atoms with Crippen molar-refractivity contribution in [3.63, 3.8) is 0 Å². The number of ether oxygens (including phenoxy) is 1. The number of carbonyl (C=O) groups excluding carboxylic acids is 1. The lowest BCUT2D eigenvalue weighted by Crippen LogP contribution is -2.34. The highest BCUT2D eigenvalue weighted by Gasteiger charge is 2.72. The second kappa shape index (κ2) is 5.66. The van der Waals surface area contributed by atoms with Gasteiger partial charge < -0.3 is 4.74 Å². The lowest BCUT2D eigenvalue weighted by Gasteiger charge is -2.09. The zero-order valence-corrected chi connectivity index (χ0v) is 13.1. The minimum atomic E-state index is -1.58. The Morgan fingerprint density at radius 1 is 1.22 bits per heavy atom. The van der Waals surface area contributed by atoms with Gasteiger partial charge in [-0.05, 0) is 42.0 Å². The number of ketones is 1. The molecule has 2 aromatic carbocycles. The normalized spacial score (nSPS) is 22.4. The van der Waals surface area contributed by atoms with Crippen LogP contribution in [0.15, 0.2) is 48.5 Å². The van der Waals surface area contributed by atoms with Gasteiger partial charge in [0.05, 0.1) is 13.0 Å². The smallest absolute Gasteiger partial charge is 0.291 e. The largest absolute Gasteiger partial charge is 0.497 e. The summed E-state index contributed by atoms with van der Waals surface area (Å²) in [6, 6.07) is 13.2. The third-order valence-electron chi connectivity index (χ3n) is 4.28. The first kappa shape index (κ1) is 15.5. The molecule has 6 heteroatoms. The summed E-state index contributed by atoms with van der Waals surface area (Å²) in [5.41, 5.74) is -0.505. The topological polar surface area (TPSA) is 69.4 Å². The molecule has 1 fully saturated rings. The van der Waals surface area contributed by atoms with Crippen molar-refractivity contribution < 1.29 is 14.5 Å². The maximum Gasteiger partial charge on any atom is 0.291 e. The number of hydrogen-bond donors (Lipinski definition) is 0. The molecule has 1 aliphatic carbocycles. The van der Waals surface area contributed by atoms with Crippen molar-refractivity contribution >= 4 is 17.4 Å². The second-order valence-electron chi connectivity index (χ2n) is 5.55. The highest BCUT2D eigenvalue weighted by atomic mass is 35.5. The first-order chi connectivity index (χ1) is 11.0. The van der Waals surface area contributed by atoms with Crippen molar-refractivity contribution in [2.45, 2.75) is 17.9 Å². The Morgan fingerprint density at radius 2 is 1.83 bits per heavy atom. The van der Waals surface area contributed by atoms with Gasteiger partial charge in [0.1, 0.15) is 5.75 Å². The number of benzene rings is 2. The Hall–Kier alpha value is -2.40. The van der Waals surface area contributed by atoms with Crippen LogP contribution in [0.1, 0.15) is 28.3 Å². The van der Waals surface area contributed by atoms with Gasteiger partial charge in [-0.3, -0.25) is 14.9 Å². The third-order valence-corrected chi connectivity index (χ3v) is 4.53. The predicted molar refractivity (Wildman–Crippen MR) is 85.9 cm³/mol. The summed E-state index contributed by atoms with van der Waals surface area (Å²) in [6.45, 7) is 0. The minimum absolute atomic E-state index is 0.201. The van der Waals surface area contributed by atoms with E-state index in [2.05, 4.69) is 0 Å². The van der Waals surface area contributed by atoms with Gasteiger partial charge in [-0.25, -0.2) is 0 Å². The molecule has 0 N–H and O–H groups in total. The van der Waals surface area contributed by atoms with Crippen LogP contribution in [0.3, 0.4) is 0 Å². The van der Waals surface area contributed by atoms with Crippen LogP contribution in [0.25, 0.3) is 0 Å². The van der Waals surface area contributed by atoms with E-state index in [1.54, 1.807) is 48.5 Å². The van der Waals surface area contributed by atoms with Crippen LogP contribution in [0, 0.1) is 10.1 Å². The molecule has 1 saturated carbocycles. The van der Waals surface area contributed by atoms with Gasteiger partial charge in [-0.15, -0.1) is 0 Å². The van der Waals surface area contributed by atoms with Crippen LogP contribution in [0.5, 0.6) is 5.75 Å². The molecule has 118 valence electrons. The number of halogens is 1. The summed E-state index contributed by atoms with van der Waals surface area (Å²) < 4.78 is 5.04. The molecule has 0 amide bonds. The number of Topliss-reactive ketones (excluding diaryl/α,β-unsaturated/α-hetero) is 1. The van der Waals surface area contributed by atoms with Gasteiger partial charge in [-0.1, -0.05) is 23.7 Å². The molecule has 3 rings (SSSR count). The van der Waals surface area contributed by atoms with E-state index in [-0.39, 0.29) is 6.42 Å². The van der Waals surface area contributed by atoms with E-state index in [0.717, 1.165) is 5.56 Å². The van der Waals surface area contributed by atoms with Gasteiger partial charge >= 0.3 is 0 Å². The zero-order chi connectivity index (χ0) is 16.6. The summed E-state index contributed by atoms with van der Waals surface area (Å²) in [7, 11) is 1.52. The van der Waals surface area contributed by atoms with Crippen LogP contribution in [0.2, 0.25) is 5.02 Å². The van der Waals surface area contributed by atoms with Gasteiger partial charge in [0, 0.05) is 21.9 Å². The van der Waals surface area contributed by atoms with Gasteiger partial charge in [-0.2, -0.15) is 0 Å². The molecule has 0 aliphatic heterocycles. The molecule has 1 aliphatic rings. The fourth-order valence-electron chi connectivity index (χ4n) is 2.87. The van der Waals surface area contributed by atoms with Crippen LogP contribution in [-0.2, 0) is 0 Å². The lowest BCUT2D eigenvalue weighted by atomic mass is 9.97. The Morgan fingerprint density at radius 3 is 2.35 bits per heavy atom. The SMILES string of the molecule is COc1ccc(C(=O)[C@]2([N+](=O)[O-])C[C@H]2c2ccc(Cl)cc2)cc1. The number of nitrogens with zero attached hydrogens (tertiary/aromatic N) is 1. The maximum atomic E-state index is 12.7.